The Morgan fingerprint density at radius 1 is 1.03 bits per heavy atom. The number of amides is 2. The van der Waals surface area contributed by atoms with Crippen molar-refractivity contribution in [1.29, 1.82) is 0 Å². The van der Waals surface area contributed by atoms with Gasteiger partial charge in [-0.1, -0.05) is 12.1 Å². The van der Waals surface area contributed by atoms with Crippen LogP contribution in [-0.2, 0) is 9.53 Å². The normalized spacial score (nSPS) is 17.4. The number of hydrogen-bond acceptors (Lipinski definition) is 6. The van der Waals surface area contributed by atoms with Crippen molar-refractivity contribution in [2.75, 3.05) is 41.5 Å². The predicted molar refractivity (Wildman–Crippen MR) is 129 cm³/mol. The minimum Gasteiger partial charge on any atom is -0.497 e. The standard InChI is InChI=1S/C26H34N2O6/c1-16(2)34-13-7-12-27-25(29)23-19-14-21(32-5)22(33-6)15-20(19)26(30)28(3)24(23)17-8-10-18(31-4)11-9-17/h8-11,14-16,23-24H,7,12-13H2,1-6H3,(H,27,29)/t23-,24+/m1/s1. The lowest BCUT2D eigenvalue weighted by Gasteiger charge is -2.40. The minimum atomic E-state index is -0.642. The van der Waals surface area contributed by atoms with Crippen molar-refractivity contribution in [1.82, 2.24) is 10.2 Å². The zero-order valence-electron chi connectivity index (χ0n) is 20.7. The molecule has 34 heavy (non-hydrogen) atoms. The van der Waals surface area contributed by atoms with E-state index < -0.39 is 12.0 Å². The van der Waals surface area contributed by atoms with Gasteiger partial charge in [-0.25, -0.2) is 0 Å². The Morgan fingerprint density at radius 3 is 2.26 bits per heavy atom. The zero-order valence-corrected chi connectivity index (χ0v) is 20.7. The fourth-order valence-electron chi connectivity index (χ4n) is 4.26. The van der Waals surface area contributed by atoms with Crippen LogP contribution in [0.5, 0.6) is 17.2 Å². The summed E-state index contributed by atoms with van der Waals surface area (Å²) in [6.45, 7) is 4.99. The molecule has 0 aromatic heterocycles. The molecule has 1 aliphatic rings. The van der Waals surface area contributed by atoms with Gasteiger partial charge in [0, 0.05) is 25.8 Å². The lowest BCUT2D eigenvalue weighted by atomic mass is 9.79. The van der Waals surface area contributed by atoms with Crippen molar-refractivity contribution in [2.45, 2.75) is 38.3 Å². The number of benzene rings is 2. The van der Waals surface area contributed by atoms with Crippen LogP contribution in [-0.4, -0.2) is 64.3 Å². The molecule has 0 saturated carbocycles. The Kier molecular flexibility index (Phi) is 8.39. The first-order valence-electron chi connectivity index (χ1n) is 11.4. The van der Waals surface area contributed by atoms with Crippen LogP contribution in [0.25, 0.3) is 0 Å². The number of rotatable bonds is 10. The topological polar surface area (TPSA) is 86.3 Å². The maximum Gasteiger partial charge on any atom is 0.254 e. The number of carbonyl (C=O) groups is 2. The largest absolute Gasteiger partial charge is 0.497 e. The Morgan fingerprint density at radius 2 is 1.68 bits per heavy atom. The average Bonchev–Trinajstić information content (AvgIpc) is 2.84. The van der Waals surface area contributed by atoms with Gasteiger partial charge in [-0.3, -0.25) is 9.59 Å². The van der Waals surface area contributed by atoms with Gasteiger partial charge >= 0.3 is 0 Å². The van der Waals surface area contributed by atoms with Gasteiger partial charge in [0.25, 0.3) is 5.91 Å². The number of carbonyl (C=O) groups excluding carboxylic acids is 2. The minimum absolute atomic E-state index is 0.141. The molecule has 8 nitrogen and oxygen atoms in total. The summed E-state index contributed by atoms with van der Waals surface area (Å²) in [6.07, 6.45) is 0.833. The van der Waals surface area contributed by atoms with Crippen molar-refractivity contribution in [2.24, 2.45) is 0 Å². The predicted octanol–water partition coefficient (Wildman–Crippen LogP) is 3.55. The van der Waals surface area contributed by atoms with E-state index in [1.165, 1.54) is 14.2 Å². The van der Waals surface area contributed by atoms with Crippen molar-refractivity contribution in [3.8, 4) is 17.2 Å². The number of likely N-dealkylation sites (N-methyl/N-ethyl adjacent to an activating group) is 1. The molecule has 2 amide bonds. The molecular formula is C26H34N2O6. The first-order chi connectivity index (χ1) is 16.3. The van der Waals surface area contributed by atoms with Crippen LogP contribution in [0.2, 0.25) is 0 Å². The fourth-order valence-corrected chi connectivity index (χ4v) is 4.26. The number of nitrogens with one attached hydrogen (secondary N) is 1. The summed E-state index contributed by atoms with van der Waals surface area (Å²) in [5.74, 6) is 0.610. The van der Waals surface area contributed by atoms with E-state index in [-0.39, 0.29) is 17.9 Å². The number of ether oxygens (including phenoxy) is 4. The Balaban J connectivity index is 2.01. The molecule has 1 N–H and O–H groups in total. The molecule has 1 aliphatic heterocycles. The first-order valence-corrected chi connectivity index (χ1v) is 11.4. The van der Waals surface area contributed by atoms with Crippen LogP contribution in [0, 0.1) is 0 Å². The summed E-state index contributed by atoms with van der Waals surface area (Å²) < 4.78 is 21.7. The van der Waals surface area contributed by atoms with Crippen molar-refractivity contribution in [3.63, 3.8) is 0 Å². The highest BCUT2D eigenvalue weighted by atomic mass is 16.5. The van der Waals surface area contributed by atoms with Crippen molar-refractivity contribution >= 4 is 11.8 Å². The smallest absolute Gasteiger partial charge is 0.254 e. The van der Waals surface area contributed by atoms with E-state index in [2.05, 4.69) is 5.32 Å². The summed E-state index contributed by atoms with van der Waals surface area (Å²) in [6, 6.07) is 10.3. The monoisotopic (exact) mass is 470 g/mol. The van der Waals surface area contributed by atoms with E-state index >= 15 is 0 Å². The van der Waals surface area contributed by atoms with E-state index in [9.17, 15) is 9.59 Å². The molecule has 0 unspecified atom stereocenters. The molecule has 0 aliphatic carbocycles. The maximum atomic E-state index is 13.6. The van der Waals surface area contributed by atoms with Crippen LogP contribution in [0.4, 0.5) is 0 Å². The van der Waals surface area contributed by atoms with Crippen LogP contribution < -0.4 is 19.5 Å². The molecular weight excluding hydrogens is 436 g/mol. The van der Waals surface area contributed by atoms with E-state index in [4.69, 9.17) is 18.9 Å². The van der Waals surface area contributed by atoms with Crippen LogP contribution >= 0.6 is 0 Å². The van der Waals surface area contributed by atoms with Gasteiger partial charge in [0.2, 0.25) is 5.91 Å². The first kappa shape index (κ1) is 25.4. The van der Waals surface area contributed by atoms with Crippen molar-refractivity contribution in [3.05, 3.63) is 53.1 Å². The lowest BCUT2D eigenvalue weighted by Crippen LogP contribution is -2.46. The molecule has 0 spiro atoms. The van der Waals surface area contributed by atoms with Gasteiger partial charge in [0.15, 0.2) is 11.5 Å². The number of nitrogens with zero attached hydrogens (tertiary/aromatic N) is 1. The molecule has 2 aromatic carbocycles. The van der Waals surface area contributed by atoms with Crippen LogP contribution in [0.3, 0.4) is 0 Å². The third kappa shape index (κ3) is 5.28. The average molecular weight is 471 g/mol. The van der Waals surface area contributed by atoms with Gasteiger partial charge in [-0.2, -0.15) is 0 Å². The van der Waals surface area contributed by atoms with E-state index in [1.54, 1.807) is 31.2 Å². The van der Waals surface area contributed by atoms with Gasteiger partial charge in [0.1, 0.15) is 5.75 Å². The Labute approximate surface area is 201 Å². The Bertz CT molecular complexity index is 1010. The van der Waals surface area contributed by atoms with Gasteiger partial charge in [0.05, 0.1) is 39.4 Å². The zero-order chi connectivity index (χ0) is 24.8. The van der Waals surface area contributed by atoms with Crippen LogP contribution in [0.1, 0.15) is 53.7 Å². The lowest BCUT2D eigenvalue weighted by molar-refractivity contribution is -0.124. The molecule has 0 bridgehead atoms. The summed E-state index contributed by atoms with van der Waals surface area (Å²) in [5, 5.41) is 3.04. The molecule has 0 saturated heterocycles. The second-order valence-corrected chi connectivity index (χ2v) is 8.47. The second kappa shape index (κ2) is 11.2. The molecule has 3 rings (SSSR count). The molecule has 0 fully saturated rings. The molecule has 2 atom stereocenters. The Hall–Kier alpha value is -3.26. The van der Waals surface area contributed by atoms with E-state index in [0.29, 0.717) is 47.9 Å². The second-order valence-electron chi connectivity index (χ2n) is 8.47. The van der Waals surface area contributed by atoms with Crippen LogP contribution in [0.15, 0.2) is 36.4 Å². The molecule has 0 radical (unpaired) electrons. The third-order valence-corrected chi connectivity index (χ3v) is 5.99. The number of fused-ring (bicyclic) bond motifs is 1. The fraction of sp³-hybridized carbons (Fsp3) is 0.462. The van der Waals surface area contributed by atoms with Crippen molar-refractivity contribution < 1.29 is 28.5 Å². The SMILES string of the molecule is COc1ccc([C@H]2[C@H](C(=O)NCCCOC(C)C)c3cc(OC)c(OC)cc3C(=O)N2C)cc1. The summed E-state index contributed by atoms with van der Waals surface area (Å²) in [5.41, 5.74) is 1.87. The summed E-state index contributed by atoms with van der Waals surface area (Å²) >= 11 is 0. The highest BCUT2D eigenvalue weighted by Gasteiger charge is 2.43. The summed E-state index contributed by atoms with van der Waals surface area (Å²) in [4.78, 5) is 28.6. The third-order valence-electron chi connectivity index (χ3n) is 5.99. The summed E-state index contributed by atoms with van der Waals surface area (Å²) in [7, 11) is 6.37. The molecule has 2 aromatic rings. The molecule has 1 heterocycles. The number of methoxy groups -OCH3 is 3. The quantitative estimate of drug-likeness (QED) is 0.535. The molecule has 184 valence electrons. The molecule has 8 heteroatoms. The van der Waals surface area contributed by atoms with Gasteiger partial charge in [-0.05, 0) is 55.7 Å². The van der Waals surface area contributed by atoms with Gasteiger partial charge < -0.3 is 29.2 Å². The highest BCUT2D eigenvalue weighted by Crippen LogP contribution is 2.45. The van der Waals surface area contributed by atoms with Gasteiger partial charge in [-0.15, -0.1) is 0 Å². The number of hydrogen-bond donors (Lipinski definition) is 1. The highest BCUT2D eigenvalue weighted by molar-refractivity contribution is 6.02. The van der Waals surface area contributed by atoms with E-state index in [1.807, 2.05) is 38.1 Å². The van der Waals surface area contributed by atoms with E-state index in [0.717, 1.165) is 5.56 Å². The maximum absolute atomic E-state index is 13.6.